The lowest BCUT2D eigenvalue weighted by Gasteiger charge is -2.34. The second kappa shape index (κ2) is 9.45. The van der Waals surface area contributed by atoms with Crippen molar-refractivity contribution in [2.45, 2.75) is 13.3 Å². The largest absolute Gasteiger partial charge is 0.497 e. The summed E-state index contributed by atoms with van der Waals surface area (Å²) >= 11 is 1.79. The zero-order valence-corrected chi connectivity index (χ0v) is 18.4. The Morgan fingerprint density at radius 2 is 1.90 bits per heavy atom. The summed E-state index contributed by atoms with van der Waals surface area (Å²) in [6.45, 7) is 7.58. The van der Waals surface area contributed by atoms with Gasteiger partial charge in [0.2, 0.25) is 0 Å². The summed E-state index contributed by atoms with van der Waals surface area (Å²) in [5.74, 6) is 0.709. The lowest BCUT2D eigenvalue weighted by atomic mass is 10.1. The van der Waals surface area contributed by atoms with Crippen LogP contribution in [0.15, 0.2) is 42.5 Å². The second-order valence-electron chi connectivity index (χ2n) is 7.43. The van der Waals surface area contributed by atoms with E-state index < -0.39 is 0 Å². The molecule has 1 aromatic heterocycles. The van der Waals surface area contributed by atoms with E-state index in [-0.39, 0.29) is 5.91 Å². The van der Waals surface area contributed by atoms with Crippen molar-refractivity contribution in [2.75, 3.05) is 51.3 Å². The number of methoxy groups -OCH3 is 1. The molecule has 1 aliphatic heterocycles. The average Bonchev–Trinajstić information content (AvgIpc) is 3.24. The topological polar surface area (TPSA) is 57.7 Å². The van der Waals surface area contributed by atoms with Crippen LogP contribution in [0.2, 0.25) is 0 Å². The zero-order valence-electron chi connectivity index (χ0n) is 17.6. The van der Waals surface area contributed by atoms with Crippen molar-refractivity contribution in [1.82, 2.24) is 15.2 Å². The highest BCUT2D eigenvalue weighted by Gasteiger charge is 2.20. The van der Waals surface area contributed by atoms with Crippen molar-refractivity contribution < 1.29 is 9.53 Å². The molecule has 0 aliphatic carbocycles. The van der Waals surface area contributed by atoms with Crippen LogP contribution in [0.5, 0.6) is 5.75 Å². The van der Waals surface area contributed by atoms with Crippen molar-refractivity contribution in [1.29, 1.82) is 0 Å². The third kappa shape index (κ3) is 4.57. The van der Waals surface area contributed by atoms with E-state index >= 15 is 0 Å². The van der Waals surface area contributed by atoms with Crippen LogP contribution in [0.1, 0.15) is 22.8 Å². The molecule has 0 unspecified atom stereocenters. The lowest BCUT2D eigenvalue weighted by Crippen LogP contribution is -2.48. The molecule has 3 aromatic rings. The molecule has 6 nitrogen and oxygen atoms in total. The molecule has 4 rings (SSSR count). The molecule has 158 valence electrons. The number of carbonyl (C=O) groups excluding carboxylic acids is 1. The van der Waals surface area contributed by atoms with Gasteiger partial charge in [0.15, 0.2) is 5.13 Å². The van der Waals surface area contributed by atoms with Gasteiger partial charge >= 0.3 is 0 Å². The first-order chi connectivity index (χ1) is 14.7. The van der Waals surface area contributed by atoms with E-state index in [9.17, 15) is 4.79 Å². The molecule has 0 saturated carbocycles. The molecule has 2 aromatic carbocycles. The maximum Gasteiger partial charge on any atom is 0.251 e. The highest BCUT2D eigenvalue weighted by Crippen LogP contribution is 2.31. The van der Waals surface area contributed by atoms with Crippen molar-refractivity contribution in [2.24, 2.45) is 0 Å². The highest BCUT2D eigenvalue weighted by atomic mass is 32.1. The number of piperazine rings is 1. The molecular weight excluding hydrogens is 396 g/mol. The van der Waals surface area contributed by atoms with E-state index in [1.54, 1.807) is 42.7 Å². The first-order valence-corrected chi connectivity index (χ1v) is 11.3. The van der Waals surface area contributed by atoms with Gasteiger partial charge in [0.1, 0.15) is 5.75 Å². The minimum Gasteiger partial charge on any atom is -0.497 e. The number of hydrogen-bond acceptors (Lipinski definition) is 6. The third-order valence-corrected chi connectivity index (χ3v) is 6.66. The fourth-order valence-corrected chi connectivity index (χ4v) is 4.81. The van der Waals surface area contributed by atoms with Crippen molar-refractivity contribution in [3.8, 4) is 5.75 Å². The maximum atomic E-state index is 12.3. The van der Waals surface area contributed by atoms with Gasteiger partial charge in [-0.15, -0.1) is 0 Å². The Bertz CT molecular complexity index is 994. The normalized spacial score (nSPS) is 14.8. The number of aryl methyl sites for hydroxylation is 1. The molecule has 30 heavy (non-hydrogen) atoms. The van der Waals surface area contributed by atoms with E-state index in [0.717, 1.165) is 55.5 Å². The number of fused-ring (bicyclic) bond motifs is 1. The molecule has 0 radical (unpaired) electrons. The predicted octanol–water partition coefficient (Wildman–Crippen LogP) is 3.42. The molecule has 1 aliphatic rings. The van der Waals surface area contributed by atoms with Crippen molar-refractivity contribution >= 4 is 32.6 Å². The smallest absolute Gasteiger partial charge is 0.251 e. The monoisotopic (exact) mass is 424 g/mol. The van der Waals surface area contributed by atoms with Crippen molar-refractivity contribution in [3.63, 3.8) is 0 Å². The third-order valence-electron chi connectivity index (χ3n) is 5.58. The van der Waals surface area contributed by atoms with Gasteiger partial charge < -0.3 is 15.0 Å². The van der Waals surface area contributed by atoms with Gasteiger partial charge in [-0.2, -0.15) is 0 Å². The van der Waals surface area contributed by atoms with Crippen LogP contribution in [0.25, 0.3) is 10.2 Å². The van der Waals surface area contributed by atoms with Gasteiger partial charge in [-0.3, -0.25) is 9.69 Å². The fourth-order valence-electron chi connectivity index (χ4n) is 3.75. The molecule has 2 heterocycles. The SMILES string of the molecule is CCc1cccc2sc(N3CCN(CCNC(=O)c4ccc(OC)cc4)CC3)nc12. The van der Waals surface area contributed by atoms with E-state index in [1.807, 2.05) is 0 Å². The van der Waals surface area contributed by atoms with Gasteiger partial charge in [-0.1, -0.05) is 30.4 Å². The molecule has 7 heteroatoms. The number of benzene rings is 2. The van der Waals surface area contributed by atoms with Crippen LogP contribution >= 0.6 is 11.3 Å². The van der Waals surface area contributed by atoms with E-state index in [2.05, 4.69) is 40.2 Å². The summed E-state index contributed by atoms with van der Waals surface area (Å²) in [5, 5.41) is 4.14. The molecule has 0 bridgehead atoms. The Morgan fingerprint density at radius 1 is 1.13 bits per heavy atom. The molecule has 0 spiro atoms. The number of hydrogen-bond donors (Lipinski definition) is 1. The molecule has 1 N–H and O–H groups in total. The Hall–Kier alpha value is -2.64. The summed E-state index contributed by atoms with van der Waals surface area (Å²) in [6, 6.07) is 13.6. The minimum atomic E-state index is -0.0440. The average molecular weight is 425 g/mol. The van der Waals surface area contributed by atoms with Crippen LogP contribution in [-0.2, 0) is 6.42 Å². The molecule has 1 amide bonds. The molecular formula is C23H28N4O2S. The number of aromatic nitrogens is 1. The Kier molecular flexibility index (Phi) is 6.50. The first kappa shape index (κ1) is 20.6. The number of ether oxygens (including phenoxy) is 1. The highest BCUT2D eigenvalue weighted by molar-refractivity contribution is 7.22. The van der Waals surface area contributed by atoms with Crippen LogP contribution in [-0.4, -0.2) is 62.2 Å². The van der Waals surface area contributed by atoms with Gasteiger partial charge in [-0.05, 0) is 42.3 Å². The van der Waals surface area contributed by atoms with Gasteiger partial charge in [0, 0.05) is 44.8 Å². The number of carbonyl (C=O) groups is 1. The molecule has 1 saturated heterocycles. The maximum absolute atomic E-state index is 12.3. The quantitative estimate of drug-likeness (QED) is 0.630. The summed E-state index contributed by atoms with van der Waals surface area (Å²) < 4.78 is 6.40. The summed E-state index contributed by atoms with van der Waals surface area (Å²) in [6.07, 6.45) is 1.01. The number of thiazole rings is 1. The van der Waals surface area contributed by atoms with Gasteiger partial charge in [-0.25, -0.2) is 4.98 Å². The van der Waals surface area contributed by atoms with E-state index in [1.165, 1.54) is 10.3 Å². The van der Waals surface area contributed by atoms with Gasteiger partial charge in [0.05, 0.1) is 17.3 Å². The van der Waals surface area contributed by atoms with E-state index in [4.69, 9.17) is 9.72 Å². The predicted molar refractivity (Wildman–Crippen MR) is 123 cm³/mol. The Labute approximate surface area is 181 Å². The summed E-state index contributed by atoms with van der Waals surface area (Å²) in [7, 11) is 1.62. The number of nitrogens with one attached hydrogen (secondary N) is 1. The molecule has 1 fully saturated rings. The number of nitrogens with zero attached hydrogens (tertiary/aromatic N) is 3. The number of anilines is 1. The fraction of sp³-hybridized carbons (Fsp3) is 0.391. The van der Waals surface area contributed by atoms with Crippen LogP contribution in [0.3, 0.4) is 0 Å². The van der Waals surface area contributed by atoms with Crippen molar-refractivity contribution in [3.05, 3.63) is 53.6 Å². The lowest BCUT2D eigenvalue weighted by molar-refractivity contribution is 0.0947. The van der Waals surface area contributed by atoms with Gasteiger partial charge in [0.25, 0.3) is 5.91 Å². The van der Waals surface area contributed by atoms with E-state index in [0.29, 0.717) is 12.1 Å². The van der Waals surface area contributed by atoms with Crippen LogP contribution in [0, 0.1) is 0 Å². The number of para-hydroxylation sites is 1. The standard InChI is InChI=1S/C23H28N4O2S/c1-3-17-5-4-6-20-21(17)25-23(30-20)27-15-13-26(14-16-27)12-11-24-22(28)18-7-9-19(29-2)10-8-18/h4-10H,3,11-16H2,1-2H3,(H,24,28). The minimum absolute atomic E-state index is 0.0440. The van der Waals surface area contributed by atoms with Crippen LogP contribution in [0.4, 0.5) is 5.13 Å². The molecule has 0 atom stereocenters. The zero-order chi connectivity index (χ0) is 20.9. The summed E-state index contributed by atoms with van der Waals surface area (Å²) in [5.41, 5.74) is 3.13. The number of rotatable bonds is 7. The van der Waals surface area contributed by atoms with Crippen LogP contribution < -0.4 is 15.0 Å². The Balaban J connectivity index is 1.25. The first-order valence-electron chi connectivity index (χ1n) is 10.5. The number of amides is 1. The summed E-state index contributed by atoms with van der Waals surface area (Å²) in [4.78, 5) is 22.0. The second-order valence-corrected chi connectivity index (χ2v) is 8.44. The Morgan fingerprint density at radius 3 is 2.60 bits per heavy atom.